The highest BCUT2D eigenvalue weighted by molar-refractivity contribution is 9.10. The van der Waals surface area contributed by atoms with E-state index in [1.54, 1.807) is 23.0 Å². The van der Waals surface area contributed by atoms with Gasteiger partial charge in [0.25, 0.3) is 5.91 Å². The molecule has 144 valence electrons. The van der Waals surface area contributed by atoms with Gasteiger partial charge in [-0.3, -0.25) is 4.79 Å². The van der Waals surface area contributed by atoms with Crippen molar-refractivity contribution < 1.29 is 4.79 Å². The van der Waals surface area contributed by atoms with Crippen molar-refractivity contribution in [3.63, 3.8) is 0 Å². The summed E-state index contributed by atoms with van der Waals surface area (Å²) in [6.45, 7) is 4.02. The van der Waals surface area contributed by atoms with Gasteiger partial charge < -0.3 is 5.32 Å². The summed E-state index contributed by atoms with van der Waals surface area (Å²) in [5.74, 6) is -0.145. The Morgan fingerprint density at radius 1 is 0.931 bits per heavy atom. The molecule has 0 radical (unpaired) electrons. The van der Waals surface area contributed by atoms with Crippen molar-refractivity contribution in [2.75, 3.05) is 5.32 Å². The molecule has 3 aromatic carbocycles. The number of nitrogens with one attached hydrogen (secondary N) is 1. The molecule has 0 saturated heterocycles. The average molecular weight is 447 g/mol. The largest absolute Gasteiger partial charge is 0.322 e. The number of aryl methyl sites for hydroxylation is 2. The highest BCUT2D eigenvalue weighted by atomic mass is 79.9. The third-order valence-corrected chi connectivity index (χ3v) is 5.07. The van der Waals surface area contributed by atoms with Crippen molar-refractivity contribution in [3.8, 4) is 16.9 Å². The SMILES string of the molecule is Cc1cc(C)cc(NC(=O)c2ccc(-n3nncc3-c3ccc(Br)cc3)cc2)c1. The summed E-state index contributed by atoms with van der Waals surface area (Å²) in [7, 11) is 0. The molecule has 1 N–H and O–H groups in total. The smallest absolute Gasteiger partial charge is 0.255 e. The molecule has 0 aliphatic rings. The number of benzene rings is 3. The van der Waals surface area contributed by atoms with Gasteiger partial charge in [0.15, 0.2) is 0 Å². The van der Waals surface area contributed by atoms with Gasteiger partial charge >= 0.3 is 0 Å². The number of carbonyl (C=O) groups is 1. The number of nitrogens with zero attached hydrogens (tertiary/aromatic N) is 3. The maximum atomic E-state index is 12.6. The molecule has 4 rings (SSSR count). The van der Waals surface area contributed by atoms with E-state index in [2.05, 4.69) is 37.6 Å². The number of halogens is 1. The van der Waals surface area contributed by atoms with Crippen LogP contribution in [-0.2, 0) is 0 Å². The molecule has 0 bridgehead atoms. The van der Waals surface area contributed by atoms with Crippen LogP contribution in [-0.4, -0.2) is 20.9 Å². The maximum absolute atomic E-state index is 12.6. The Bertz CT molecular complexity index is 1140. The van der Waals surface area contributed by atoms with Crippen LogP contribution in [0, 0.1) is 13.8 Å². The summed E-state index contributed by atoms with van der Waals surface area (Å²) in [6, 6.07) is 21.3. The van der Waals surface area contributed by atoms with Gasteiger partial charge in [-0.2, -0.15) is 0 Å². The molecular weight excluding hydrogens is 428 g/mol. The van der Waals surface area contributed by atoms with Crippen molar-refractivity contribution in [2.45, 2.75) is 13.8 Å². The second-order valence-electron chi connectivity index (χ2n) is 6.92. The summed E-state index contributed by atoms with van der Waals surface area (Å²) < 4.78 is 2.77. The summed E-state index contributed by atoms with van der Waals surface area (Å²) in [5, 5.41) is 11.2. The molecule has 1 heterocycles. The molecule has 0 saturated carbocycles. The number of aromatic nitrogens is 3. The zero-order chi connectivity index (χ0) is 20.4. The van der Waals surface area contributed by atoms with Gasteiger partial charge in [0.1, 0.15) is 0 Å². The van der Waals surface area contributed by atoms with Crippen LogP contribution in [0.1, 0.15) is 21.5 Å². The molecule has 4 aromatic rings. The topological polar surface area (TPSA) is 59.8 Å². The first-order valence-corrected chi connectivity index (χ1v) is 9.95. The Hall–Kier alpha value is -3.25. The number of rotatable bonds is 4. The molecule has 6 heteroatoms. The monoisotopic (exact) mass is 446 g/mol. The van der Waals surface area contributed by atoms with Gasteiger partial charge in [-0.15, -0.1) is 5.10 Å². The second kappa shape index (κ2) is 8.01. The lowest BCUT2D eigenvalue weighted by molar-refractivity contribution is 0.102. The molecule has 0 aliphatic heterocycles. The van der Waals surface area contributed by atoms with Crippen molar-refractivity contribution in [3.05, 3.63) is 94.1 Å². The number of anilines is 1. The highest BCUT2D eigenvalue weighted by Crippen LogP contribution is 2.24. The zero-order valence-electron chi connectivity index (χ0n) is 16.1. The van der Waals surface area contributed by atoms with E-state index in [0.717, 1.165) is 38.2 Å². The normalized spacial score (nSPS) is 10.7. The number of carbonyl (C=O) groups excluding carboxylic acids is 1. The lowest BCUT2D eigenvalue weighted by atomic mass is 10.1. The van der Waals surface area contributed by atoms with Crippen LogP contribution in [0.5, 0.6) is 0 Å². The minimum Gasteiger partial charge on any atom is -0.322 e. The molecule has 29 heavy (non-hydrogen) atoms. The average Bonchev–Trinajstić information content (AvgIpc) is 3.17. The Morgan fingerprint density at radius 3 is 2.24 bits per heavy atom. The molecule has 1 aromatic heterocycles. The van der Waals surface area contributed by atoms with Crippen LogP contribution in [0.4, 0.5) is 5.69 Å². The molecule has 0 aliphatic carbocycles. The lowest BCUT2D eigenvalue weighted by Crippen LogP contribution is -2.12. The fourth-order valence-electron chi connectivity index (χ4n) is 3.25. The molecule has 0 unspecified atom stereocenters. The number of hydrogen-bond donors (Lipinski definition) is 1. The third kappa shape index (κ3) is 4.27. The van der Waals surface area contributed by atoms with E-state index >= 15 is 0 Å². The Labute approximate surface area is 177 Å². The highest BCUT2D eigenvalue weighted by Gasteiger charge is 2.11. The summed E-state index contributed by atoms with van der Waals surface area (Å²) >= 11 is 3.45. The minimum absolute atomic E-state index is 0.145. The Balaban J connectivity index is 1.56. The van der Waals surface area contributed by atoms with E-state index < -0.39 is 0 Å². The lowest BCUT2D eigenvalue weighted by Gasteiger charge is -2.09. The minimum atomic E-state index is -0.145. The maximum Gasteiger partial charge on any atom is 0.255 e. The van der Waals surface area contributed by atoms with E-state index in [1.165, 1.54) is 0 Å². The van der Waals surface area contributed by atoms with E-state index in [0.29, 0.717) is 5.56 Å². The molecular formula is C23H19BrN4O. The van der Waals surface area contributed by atoms with Crippen LogP contribution in [0.3, 0.4) is 0 Å². The van der Waals surface area contributed by atoms with Crippen molar-refractivity contribution in [2.24, 2.45) is 0 Å². The standard InChI is InChI=1S/C23H19BrN4O/c1-15-11-16(2)13-20(12-15)26-23(29)18-5-9-21(10-6-18)28-22(14-25-27-28)17-3-7-19(24)8-4-17/h3-14H,1-2H3,(H,26,29). The summed E-state index contributed by atoms with van der Waals surface area (Å²) in [6.07, 6.45) is 1.73. The van der Waals surface area contributed by atoms with E-state index in [1.807, 2.05) is 62.4 Å². The predicted molar refractivity (Wildman–Crippen MR) is 118 cm³/mol. The zero-order valence-corrected chi connectivity index (χ0v) is 17.6. The quantitative estimate of drug-likeness (QED) is 0.445. The van der Waals surface area contributed by atoms with Crippen LogP contribution in [0.25, 0.3) is 16.9 Å². The predicted octanol–water partition coefficient (Wildman–Crippen LogP) is 5.57. The van der Waals surface area contributed by atoms with E-state index in [9.17, 15) is 4.79 Å². The van der Waals surface area contributed by atoms with Crippen molar-refractivity contribution in [1.29, 1.82) is 0 Å². The summed E-state index contributed by atoms with van der Waals surface area (Å²) in [4.78, 5) is 12.6. The first kappa shape index (κ1) is 19.1. The molecule has 5 nitrogen and oxygen atoms in total. The van der Waals surface area contributed by atoms with Gasteiger partial charge in [0, 0.05) is 21.3 Å². The first-order valence-electron chi connectivity index (χ1n) is 9.16. The van der Waals surface area contributed by atoms with Gasteiger partial charge in [-0.05, 0) is 73.5 Å². The van der Waals surface area contributed by atoms with Crippen molar-refractivity contribution >= 4 is 27.5 Å². The van der Waals surface area contributed by atoms with Crippen LogP contribution in [0.2, 0.25) is 0 Å². The Morgan fingerprint density at radius 2 is 1.59 bits per heavy atom. The molecule has 0 fully saturated rings. The molecule has 0 spiro atoms. The first-order chi connectivity index (χ1) is 14.0. The summed E-state index contributed by atoms with van der Waals surface area (Å²) in [5.41, 5.74) is 6.33. The van der Waals surface area contributed by atoms with Gasteiger partial charge in [0.2, 0.25) is 0 Å². The fourth-order valence-corrected chi connectivity index (χ4v) is 3.51. The number of amides is 1. The van der Waals surface area contributed by atoms with Crippen LogP contribution < -0.4 is 5.32 Å². The fraction of sp³-hybridized carbons (Fsp3) is 0.0870. The van der Waals surface area contributed by atoms with Gasteiger partial charge in [-0.1, -0.05) is 39.3 Å². The Kier molecular flexibility index (Phi) is 5.27. The van der Waals surface area contributed by atoms with Crippen molar-refractivity contribution in [1.82, 2.24) is 15.0 Å². The van der Waals surface area contributed by atoms with Gasteiger partial charge in [0.05, 0.1) is 17.6 Å². The van der Waals surface area contributed by atoms with E-state index in [4.69, 9.17) is 0 Å². The second-order valence-corrected chi connectivity index (χ2v) is 7.83. The molecule has 1 amide bonds. The van der Waals surface area contributed by atoms with Crippen LogP contribution in [0.15, 0.2) is 77.4 Å². The molecule has 0 atom stereocenters. The van der Waals surface area contributed by atoms with Crippen LogP contribution >= 0.6 is 15.9 Å². The third-order valence-electron chi connectivity index (χ3n) is 4.54. The van der Waals surface area contributed by atoms with Gasteiger partial charge in [-0.25, -0.2) is 4.68 Å². The number of hydrogen-bond acceptors (Lipinski definition) is 3. The van der Waals surface area contributed by atoms with E-state index in [-0.39, 0.29) is 5.91 Å².